The van der Waals surface area contributed by atoms with Crippen LogP contribution in [0.5, 0.6) is 11.5 Å². The van der Waals surface area contributed by atoms with Crippen molar-refractivity contribution in [2.45, 2.75) is 25.4 Å². The fourth-order valence-corrected chi connectivity index (χ4v) is 2.97. The highest BCUT2D eigenvalue weighted by Gasteiger charge is 2.32. The van der Waals surface area contributed by atoms with Gasteiger partial charge >= 0.3 is 0 Å². The van der Waals surface area contributed by atoms with Gasteiger partial charge in [0, 0.05) is 18.0 Å². The van der Waals surface area contributed by atoms with E-state index in [4.69, 9.17) is 15.2 Å². The number of aromatic nitrogens is 2. The molecular formula is C16H21FN4O2. The summed E-state index contributed by atoms with van der Waals surface area (Å²) in [7, 11) is 3.12. The molecule has 2 N–H and O–H groups in total. The Morgan fingerprint density at radius 2 is 1.91 bits per heavy atom. The molecule has 1 aliphatic rings. The predicted molar refractivity (Wildman–Crippen MR) is 88.0 cm³/mol. The van der Waals surface area contributed by atoms with Gasteiger partial charge in [0.25, 0.3) is 0 Å². The summed E-state index contributed by atoms with van der Waals surface area (Å²) in [6.45, 7) is 2.60. The Kier molecular flexibility index (Phi) is 3.87. The number of ether oxygens (including phenoxy) is 2. The average molecular weight is 320 g/mol. The molecule has 0 bridgehead atoms. The first-order valence-electron chi connectivity index (χ1n) is 7.56. The Bertz CT molecular complexity index is 736. The number of fused-ring (bicyclic) bond motifs is 1. The molecule has 0 radical (unpaired) electrons. The Labute approximate surface area is 134 Å². The third kappa shape index (κ3) is 2.95. The quantitative estimate of drug-likeness (QED) is 0.937. The molecule has 1 fully saturated rings. The third-order valence-electron chi connectivity index (χ3n) is 4.15. The smallest absolute Gasteiger partial charge is 0.227 e. The summed E-state index contributed by atoms with van der Waals surface area (Å²) in [6.07, 6.45) is 1.32. The molecule has 0 amide bonds. The molecular weight excluding hydrogens is 299 g/mol. The molecule has 124 valence electrons. The number of hydrogen-bond acceptors (Lipinski definition) is 6. The van der Waals surface area contributed by atoms with E-state index in [1.54, 1.807) is 33.3 Å². The van der Waals surface area contributed by atoms with Crippen LogP contribution in [0, 0.1) is 0 Å². The summed E-state index contributed by atoms with van der Waals surface area (Å²) in [5.74, 6) is 1.93. The summed E-state index contributed by atoms with van der Waals surface area (Å²) >= 11 is 0. The van der Waals surface area contributed by atoms with Gasteiger partial charge in [-0.25, -0.2) is 9.37 Å². The van der Waals surface area contributed by atoms with E-state index < -0.39 is 5.67 Å². The van der Waals surface area contributed by atoms with Crippen LogP contribution in [0.4, 0.5) is 16.2 Å². The number of nitrogens with two attached hydrogens (primary N) is 1. The Balaban J connectivity index is 2.06. The van der Waals surface area contributed by atoms with E-state index in [2.05, 4.69) is 9.97 Å². The van der Waals surface area contributed by atoms with Crippen LogP contribution in [0.2, 0.25) is 0 Å². The molecule has 2 aromatic rings. The second-order valence-electron chi connectivity index (χ2n) is 6.07. The maximum Gasteiger partial charge on any atom is 0.227 e. The standard InChI is InChI=1S/C16H21FN4O2/c1-16(17)5-4-6-21(9-16)15-19-11-8-13(23-3)12(22-2)7-10(11)14(18)20-15/h7-8H,4-6,9H2,1-3H3,(H2,18,19,20). The number of benzene rings is 1. The molecule has 1 unspecified atom stereocenters. The van der Waals surface area contributed by atoms with Crippen molar-refractivity contribution in [3.63, 3.8) is 0 Å². The van der Waals surface area contributed by atoms with Gasteiger partial charge in [-0.15, -0.1) is 0 Å². The topological polar surface area (TPSA) is 73.5 Å². The minimum absolute atomic E-state index is 0.269. The summed E-state index contributed by atoms with van der Waals surface area (Å²) < 4.78 is 24.9. The van der Waals surface area contributed by atoms with E-state index >= 15 is 0 Å². The Hall–Kier alpha value is -2.31. The molecule has 3 rings (SSSR count). The van der Waals surface area contributed by atoms with Crippen LogP contribution in [0.3, 0.4) is 0 Å². The summed E-state index contributed by atoms with van der Waals surface area (Å²) in [5.41, 5.74) is 5.49. The fourth-order valence-electron chi connectivity index (χ4n) is 2.97. The number of anilines is 2. The van der Waals surface area contributed by atoms with E-state index in [9.17, 15) is 4.39 Å². The maximum absolute atomic E-state index is 14.3. The monoisotopic (exact) mass is 320 g/mol. The molecule has 7 heteroatoms. The van der Waals surface area contributed by atoms with Gasteiger partial charge < -0.3 is 20.1 Å². The molecule has 1 aromatic carbocycles. The van der Waals surface area contributed by atoms with Crippen molar-refractivity contribution in [2.75, 3.05) is 37.9 Å². The van der Waals surface area contributed by atoms with Crippen molar-refractivity contribution < 1.29 is 13.9 Å². The van der Waals surface area contributed by atoms with Crippen LogP contribution < -0.4 is 20.1 Å². The number of nitrogens with zero attached hydrogens (tertiary/aromatic N) is 3. The number of halogens is 1. The van der Waals surface area contributed by atoms with Crippen molar-refractivity contribution in [3.05, 3.63) is 12.1 Å². The second-order valence-corrected chi connectivity index (χ2v) is 6.07. The van der Waals surface area contributed by atoms with Crippen molar-refractivity contribution >= 4 is 22.7 Å². The molecule has 1 atom stereocenters. The fraction of sp³-hybridized carbons (Fsp3) is 0.500. The molecule has 1 aromatic heterocycles. The molecule has 0 saturated carbocycles. The van der Waals surface area contributed by atoms with Gasteiger partial charge in [0.1, 0.15) is 11.5 Å². The molecule has 0 aliphatic carbocycles. The van der Waals surface area contributed by atoms with Crippen LogP contribution in [-0.2, 0) is 0 Å². The minimum Gasteiger partial charge on any atom is -0.493 e. The summed E-state index contributed by atoms with van der Waals surface area (Å²) in [5, 5.41) is 0.686. The highest BCUT2D eigenvalue weighted by molar-refractivity contribution is 5.91. The van der Waals surface area contributed by atoms with Gasteiger partial charge in [0.15, 0.2) is 11.5 Å². The van der Waals surface area contributed by atoms with Crippen molar-refractivity contribution in [1.82, 2.24) is 9.97 Å². The highest BCUT2D eigenvalue weighted by Crippen LogP contribution is 2.35. The van der Waals surface area contributed by atoms with E-state index in [0.717, 1.165) is 13.0 Å². The van der Waals surface area contributed by atoms with Gasteiger partial charge in [-0.3, -0.25) is 0 Å². The first kappa shape index (κ1) is 15.6. The van der Waals surface area contributed by atoms with Gasteiger partial charge in [-0.1, -0.05) is 0 Å². The predicted octanol–water partition coefficient (Wildman–Crippen LogP) is 2.56. The van der Waals surface area contributed by atoms with Gasteiger partial charge in [0.05, 0.1) is 26.3 Å². The lowest BCUT2D eigenvalue weighted by atomic mass is 9.97. The van der Waals surface area contributed by atoms with Gasteiger partial charge in [-0.05, 0) is 25.8 Å². The first-order valence-corrected chi connectivity index (χ1v) is 7.56. The molecule has 1 aliphatic heterocycles. The molecule has 6 nitrogen and oxygen atoms in total. The minimum atomic E-state index is -1.23. The molecule has 1 saturated heterocycles. The number of methoxy groups -OCH3 is 2. The van der Waals surface area contributed by atoms with E-state index in [0.29, 0.717) is 40.6 Å². The SMILES string of the molecule is COc1cc2nc(N3CCCC(C)(F)C3)nc(N)c2cc1OC. The van der Waals surface area contributed by atoms with E-state index in [1.165, 1.54) is 0 Å². The lowest BCUT2D eigenvalue weighted by Crippen LogP contribution is -2.44. The van der Waals surface area contributed by atoms with Crippen molar-refractivity contribution in [2.24, 2.45) is 0 Å². The number of alkyl halides is 1. The zero-order valence-corrected chi connectivity index (χ0v) is 13.6. The summed E-state index contributed by atoms with van der Waals surface area (Å²) in [4.78, 5) is 10.7. The number of piperidine rings is 1. The molecule has 2 heterocycles. The molecule has 0 spiro atoms. The van der Waals surface area contributed by atoms with E-state index in [1.807, 2.05) is 4.90 Å². The number of nitrogen functional groups attached to an aromatic ring is 1. The zero-order valence-electron chi connectivity index (χ0n) is 13.6. The first-order chi connectivity index (χ1) is 10.9. The second kappa shape index (κ2) is 5.72. The van der Waals surface area contributed by atoms with Crippen LogP contribution in [0.15, 0.2) is 12.1 Å². The summed E-state index contributed by atoms with van der Waals surface area (Å²) in [6, 6.07) is 3.51. The lowest BCUT2D eigenvalue weighted by molar-refractivity contribution is 0.159. The zero-order chi connectivity index (χ0) is 16.6. The van der Waals surface area contributed by atoms with Crippen LogP contribution >= 0.6 is 0 Å². The maximum atomic E-state index is 14.3. The largest absolute Gasteiger partial charge is 0.493 e. The van der Waals surface area contributed by atoms with Gasteiger partial charge in [0.2, 0.25) is 5.95 Å². The van der Waals surface area contributed by atoms with Crippen LogP contribution in [0.1, 0.15) is 19.8 Å². The van der Waals surface area contributed by atoms with Crippen LogP contribution in [0.25, 0.3) is 10.9 Å². The average Bonchev–Trinajstić information content (AvgIpc) is 2.52. The van der Waals surface area contributed by atoms with Crippen molar-refractivity contribution in [3.8, 4) is 11.5 Å². The van der Waals surface area contributed by atoms with E-state index in [-0.39, 0.29) is 6.54 Å². The third-order valence-corrected chi connectivity index (χ3v) is 4.15. The van der Waals surface area contributed by atoms with Gasteiger partial charge in [-0.2, -0.15) is 4.98 Å². The Morgan fingerprint density at radius 3 is 2.57 bits per heavy atom. The number of hydrogen-bond donors (Lipinski definition) is 1. The highest BCUT2D eigenvalue weighted by atomic mass is 19.1. The number of rotatable bonds is 3. The molecule has 23 heavy (non-hydrogen) atoms. The Morgan fingerprint density at radius 1 is 1.22 bits per heavy atom. The van der Waals surface area contributed by atoms with Crippen molar-refractivity contribution in [1.29, 1.82) is 0 Å². The normalized spacial score (nSPS) is 21.5. The lowest BCUT2D eigenvalue weighted by Gasteiger charge is -2.35. The van der Waals surface area contributed by atoms with Crippen LogP contribution in [-0.4, -0.2) is 42.9 Å².